The van der Waals surface area contributed by atoms with Crippen molar-refractivity contribution in [1.29, 1.82) is 0 Å². The lowest BCUT2D eigenvalue weighted by Gasteiger charge is -2.36. The maximum absolute atomic E-state index is 6.26. The molecule has 0 saturated carbocycles. The van der Waals surface area contributed by atoms with Gasteiger partial charge in [-0.3, -0.25) is 0 Å². The van der Waals surface area contributed by atoms with Crippen LogP contribution in [0.15, 0.2) is 35.1 Å². The second kappa shape index (κ2) is 6.07. The standard InChI is InChI=1S/C14H15BrClN5/c15-10-7-12(16)14(19-8-10)21-5-3-20(4-6-21)11-1-2-13(17)18-9-11/h1-2,7-9H,3-6H2,(H2,17,18). The van der Waals surface area contributed by atoms with Gasteiger partial charge in [-0.2, -0.15) is 0 Å². The van der Waals surface area contributed by atoms with Crippen molar-refractivity contribution < 1.29 is 0 Å². The fraction of sp³-hybridized carbons (Fsp3) is 0.286. The van der Waals surface area contributed by atoms with Crippen LogP contribution >= 0.6 is 27.5 Å². The Morgan fingerprint density at radius 3 is 2.38 bits per heavy atom. The Hall–Kier alpha value is -1.53. The van der Waals surface area contributed by atoms with Crippen LogP contribution in [0.3, 0.4) is 0 Å². The van der Waals surface area contributed by atoms with E-state index in [-0.39, 0.29) is 0 Å². The van der Waals surface area contributed by atoms with Crippen molar-refractivity contribution >= 4 is 44.9 Å². The van der Waals surface area contributed by atoms with E-state index in [4.69, 9.17) is 17.3 Å². The molecule has 0 atom stereocenters. The molecule has 2 N–H and O–H groups in total. The maximum atomic E-state index is 6.26. The van der Waals surface area contributed by atoms with E-state index in [0.29, 0.717) is 10.8 Å². The van der Waals surface area contributed by atoms with Gasteiger partial charge in [0.2, 0.25) is 0 Å². The number of piperazine rings is 1. The third-order valence-electron chi connectivity index (χ3n) is 3.50. The lowest BCUT2D eigenvalue weighted by molar-refractivity contribution is 0.647. The number of pyridine rings is 2. The van der Waals surface area contributed by atoms with Gasteiger partial charge in [0, 0.05) is 36.8 Å². The monoisotopic (exact) mass is 367 g/mol. The van der Waals surface area contributed by atoms with Crippen LogP contribution < -0.4 is 15.5 Å². The molecule has 1 aliphatic heterocycles. The first-order chi connectivity index (χ1) is 10.1. The quantitative estimate of drug-likeness (QED) is 0.883. The summed E-state index contributed by atoms with van der Waals surface area (Å²) in [5.41, 5.74) is 6.71. The van der Waals surface area contributed by atoms with Gasteiger partial charge in [-0.15, -0.1) is 0 Å². The average molecular weight is 369 g/mol. The zero-order valence-electron chi connectivity index (χ0n) is 11.3. The molecular formula is C14H15BrClN5. The second-order valence-corrected chi connectivity index (χ2v) is 6.20. The summed E-state index contributed by atoms with van der Waals surface area (Å²) in [5, 5.41) is 0.673. The number of anilines is 3. The largest absolute Gasteiger partial charge is 0.384 e. The van der Waals surface area contributed by atoms with Crippen molar-refractivity contribution in [2.45, 2.75) is 0 Å². The number of nitrogens with zero attached hydrogens (tertiary/aromatic N) is 4. The molecule has 1 saturated heterocycles. The highest BCUT2D eigenvalue weighted by molar-refractivity contribution is 9.10. The number of rotatable bonds is 2. The summed E-state index contributed by atoms with van der Waals surface area (Å²) in [4.78, 5) is 13.0. The smallest absolute Gasteiger partial charge is 0.147 e. The normalized spacial score (nSPS) is 15.3. The fourth-order valence-corrected chi connectivity index (χ4v) is 3.15. The Bertz CT molecular complexity index is 626. The van der Waals surface area contributed by atoms with Crippen molar-refractivity contribution in [3.8, 4) is 0 Å². The minimum atomic E-state index is 0.545. The van der Waals surface area contributed by atoms with Crippen LogP contribution in [0.4, 0.5) is 17.3 Å². The van der Waals surface area contributed by atoms with Crippen molar-refractivity contribution in [3.05, 3.63) is 40.1 Å². The van der Waals surface area contributed by atoms with Gasteiger partial charge in [-0.1, -0.05) is 11.6 Å². The summed E-state index contributed by atoms with van der Waals surface area (Å²) in [6, 6.07) is 5.71. The highest BCUT2D eigenvalue weighted by Gasteiger charge is 2.20. The molecule has 5 nitrogen and oxygen atoms in total. The summed E-state index contributed by atoms with van der Waals surface area (Å²) in [5.74, 6) is 1.39. The number of aromatic nitrogens is 2. The molecule has 1 fully saturated rings. The van der Waals surface area contributed by atoms with Gasteiger partial charge in [-0.25, -0.2) is 9.97 Å². The van der Waals surface area contributed by atoms with Gasteiger partial charge in [0.25, 0.3) is 0 Å². The fourth-order valence-electron chi connectivity index (χ4n) is 2.40. The number of nitrogens with two attached hydrogens (primary N) is 1. The van der Waals surface area contributed by atoms with Crippen molar-refractivity contribution in [1.82, 2.24) is 9.97 Å². The van der Waals surface area contributed by atoms with E-state index < -0.39 is 0 Å². The molecule has 21 heavy (non-hydrogen) atoms. The van der Waals surface area contributed by atoms with Crippen LogP contribution in [0.2, 0.25) is 5.02 Å². The molecule has 0 aliphatic carbocycles. The van der Waals surface area contributed by atoms with Gasteiger partial charge in [0.15, 0.2) is 0 Å². The van der Waals surface area contributed by atoms with Crippen molar-refractivity contribution in [2.75, 3.05) is 41.7 Å². The molecule has 3 heterocycles. The molecule has 0 aromatic carbocycles. The van der Waals surface area contributed by atoms with E-state index in [1.807, 2.05) is 24.4 Å². The van der Waals surface area contributed by atoms with Crippen LogP contribution in [0.25, 0.3) is 0 Å². The van der Waals surface area contributed by atoms with Crippen LogP contribution in [-0.2, 0) is 0 Å². The number of nitrogen functional groups attached to an aromatic ring is 1. The van der Waals surface area contributed by atoms with E-state index in [2.05, 4.69) is 35.7 Å². The molecule has 0 bridgehead atoms. The maximum Gasteiger partial charge on any atom is 0.147 e. The Morgan fingerprint density at radius 2 is 1.76 bits per heavy atom. The molecule has 0 spiro atoms. The SMILES string of the molecule is Nc1ccc(N2CCN(c3ncc(Br)cc3Cl)CC2)cn1. The number of hydrogen-bond donors (Lipinski definition) is 1. The summed E-state index contributed by atoms with van der Waals surface area (Å²) in [6.45, 7) is 3.55. The second-order valence-electron chi connectivity index (χ2n) is 4.87. The van der Waals surface area contributed by atoms with E-state index in [9.17, 15) is 0 Å². The van der Waals surface area contributed by atoms with E-state index >= 15 is 0 Å². The minimum Gasteiger partial charge on any atom is -0.384 e. The molecule has 2 aromatic heterocycles. The Kier molecular flexibility index (Phi) is 4.17. The predicted molar refractivity (Wildman–Crippen MR) is 90.0 cm³/mol. The molecule has 110 valence electrons. The summed E-state index contributed by atoms with van der Waals surface area (Å²) < 4.78 is 0.892. The zero-order valence-corrected chi connectivity index (χ0v) is 13.7. The highest BCUT2D eigenvalue weighted by atomic mass is 79.9. The van der Waals surface area contributed by atoms with Crippen LogP contribution in [0, 0.1) is 0 Å². The third kappa shape index (κ3) is 3.22. The Morgan fingerprint density at radius 1 is 1.05 bits per heavy atom. The molecular weight excluding hydrogens is 354 g/mol. The molecule has 1 aliphatic rings. The Labute approximate surface area is 136 Å². The van der Waals surface area contributed by atoms with Crippen LogP contribution in [0.5, 0.6) is 0 Å². The minimum absolute atomic E-state index is 0.545. The summed E-state index contributed by atoms with van der Waals surface area (Å²) in [7, 11) is 0. The number of halogens is 2. The first-order valence-electron chi connectivity index (χ1n) is 6.66. The Balaban J connectivity index is 1.68. The van der Waals surface area contributed by atoms with Crippen LogP contribution in [0.1, 0.15) is 0 Å². The van der Waals surface area contributed by atoms with Crippen LogP contribution in [-0.4, -0.2) is 36.1 Å². The third-order valence-corrected chi connectivity index (χ3v) is 4.22. The van der Waals surface area contributed by atoms with E-state index in [1.54, 1.807) is 6.20 Å². The number of hydrogen-bond acceptors (Lipinski definition) is 5. The molecule has 0 amide bonds. The molecule has 0 radical (unpaired) electrons. The van der Waals surface area contributed by atoms with E-state index in [1.165, 1.54) is 0 Å². The van der Waals surface area contributed by atoms with Gasteiger partial charge in [0.1, 0.15) is 11.6 Å². The lowest BCUT2D eigenvalue weighted by Crippen LogP contribution is -2.47. The van der Waals surface area contributed by atoms with Crippen molar-refractivity contribution in [2.24, 2.45) is 0 Å². The van der Waals surface area contributed by atoms with Gasteiger partial charge >= 0.3 is 0 Å². The highest BCUT2D eigenvalue weighted by Crippen LogP contribution is 2.27. The lowest BCUT2D eigenvalue weighted by atomic mass is 10.2. The molecule has 7 heteroatoms. The molecule has 3 rings (SSSR count). The van der Waals surface area contributed by atoms with E-state index in [0.717, 1.165) is 42.2 Å². The first-order valence-corrected chi connectivity index (χ1v) is 7.83. The first kappa shape index (κ1) is 14.4. The predicted octanol–water partition coefficient (Wildman–Crippen LogP) is 2.80. The molecule has 0 unspecified atom stereocenters. The van der Waals surface area contributed by atoms with Gasteiger partial charge in [0.05, 0.1) is 16.9 Å². The zero-order chi connectivity index (χ0) is 14.8. The van der Waals surface area contributed by atoms with Gasteiger partial charge in [-0.05, 0) is 34.1 Å². The van der Waals surface area contributed by atoms with Crippen molar-refractivity contribution in [3.63, 3.8) is 0 Å². The van der Waals surface area contributed by atoms with Gasteiger partial charge < -0.3 is 15.5 Å². The summed E-state index contributed by atoms with van der Waals surface area (Å²) in [6.07, 6.45) is 3.59. The summed E-state index contributed by atoms with van der Waals surface area (Å²) >= 11 is 9.64. The molecule has 2 aromatic rings. The average Bonchev–Trinajstić information content (AvgIpc) is 2.48. The topological polar surface area (TPSA) is 58.3 Å².